The Balaban J connectivity index is 1.60. The Bertz CT molecular complexity index is 726. The average Bonchev–Trinajstić information content (AvgIpc) is 3.25. The molecule has 1 unspecified atom stereocenters. The molecule has 0 aliphatic carbocycles. The molecule has 7 nitrogen and oxygen atoms in total. The summed E-state index contributed by atoms with van der Waals surface area (Å²) >= 11 is 0. The van der Waals surface area contributed by atoms with Crippen LogP contribution in [0.25, 0.3) is 0 Å². The number of likely N-dealkylation sites (tertiary alicyclic amines) is 1. The first-order valence-electron chi connectivity index (χ1n) is 10.8. The second-order valence-corrected chi connectivity index (χ2v) is 7.71. The number of aliphatic imine (C=N–C) groups is 1. The zero-order chi connectivity index (χ0) is 20.6. The summed E-state index contributed by atoms with van der Waals surface area (Å²) in [6, 6.07) is 8.75. The van der Waals surface area contributed by atoms with E-state index in [1.165, 1.54) is 29.0 Å². The van der Waals surface area contributed by atoms with Gasteiger partial charge in [0.25, 0.3) is 0 Å². The van der Waals surface area contributed by atoms with Crippen LogP contribution in [0.3, 0.4) is 0 Å². The number of benzene rings is 1. The Hall–Kier alpha value is -2.57. The highest BCUT2D eigenvalue weighted by atomic mass is 16.2. The van der Waals surface area contributed by atoms with Crippen molar-refractivity contribution in [1.82, 2.24) is 15.5 Å². The molecule has 2 aliphatic heterocycles. The molecule has 2 aliphatic rings. The van der Waals surface area contributed by atoms with E-state index in [0.29, 0.717) is 38.3 Å². The van der Waals surface area contributed by atoms with Gasteiger partial charge < -0.3 is 15.5 Å². The number of imide groups is 1. The fourth-order valence-corrected chi connectivity index (χ4v) is 3.89. The third-order valence-electron chi connectivity index (χ3n) is 5.52. The van der Waals surface area contributed by atoms with E-state index in [0.717, 1.165) is 19.6 Å². The predicted octanol–water partition coefficient (Wildman–Crippen LogP) is 2.44. The maximum absolute atomic E-state index is 11.9. The van der Waals surface area contributed by atoms with Crippen molar-refractivity contribution in [1.29, 1.82) is 0 Å². The van der Waals surface area contributed by atoms with Crippen molar-refractivity contribution < 1.29 is 9.59 Å². The Morgan fingerprint density at radius 2 is 1.86 bits per heavy atom. The first-order valence-corrected chi connectivity index (χ1v) is 10.8. The van der Waals surface area contributed by atoms with Gasteiger partial charge in [0.05, 0.1) is 12.6 Å². The van der Waals surface area contributed by atoms with Crippen molar-refractivity contribution in [2.45, 2.75) is 52.0 Å². The van der Waals surface area contributed by atoms with E-state index in [2.05, 4.69) is 51.7 Å². The molecular formula is C22H33N5O2. The van der Waals surface area contributed by atoms with E-state index in [1.54, 1.807) is 0 Å². The molecule has 1 atom stereocenters. The monoisotopic (exact) mass is 399 g/mol. The van der Waals surface area contributed by atoms with E-state index in [9.17, 15) is 9.59 Å². The number of anilines is 1. The van der Waals surface area contributed by atoms with Crippen LogP contribution in [-0.2, 0) is 9.59 Å². The van der Waals surface area contributed by atoms with Gasteiger partial charge in [-0.15, -0.1) is 0 Å². The summed E-state index contributed by atoms with van der Waals surface area (Å²) in [6.07, 6.45) is 4.10. The third kappa shape index (κ3) is 5.71. The fraction of sp³-hybridized carbons (Fsp3) is 0.591. The highest BCUT2D eigenvalue weighted by Gasteiger charge is 2.25. The molecule has 0 bridgehead atoms. The van der Waals surface area contributed by atoms with Crippen molar-refractivity contribution in [3.05, 3.63) is 29.8 Å². The lowest BCUT2D eigenvalue weighted by Crippen LogP contribution is -2.42. The number of hydrogen-bond acceptors (Lipinski definition) is 4. The van der Waals surface area contributed by atoms with Crippen LogP contribution in [0.2, 0.25) is 0 Å². The largest absolute Gasteiger partial charge is 0.372 e. The smallest absolute Gasteiger partial charge is 0.229 e. The van der Waals surface area contributed by atoms with Gasteiger partial charge in [0.2, 0.25) is 11.8 Å². The van der Waals surface area contributed by atoms with Crippen LogP contribution in [0.1, 0.15) is 57.6 Å². The minimum atomic E-state index is -0.0819. The number of amides is 2. The second-order valence-electron chi connectivity index (χ2n) is 7.71. The molecule has 0 aromatic heterocycles. The van der Waals surface area contributed by atoms with Crippen molar-refractivity contribution in [2.24, 2.45) is 4.99 Å². The number of nitrogens with zero attached hydrogens (tertiary/aromatic N) is 3. The Morgan fingerprint density at radius 1 is 1.14 bits per heavy atom. The average molecular weight is 400 g/mol. The fourth-order valence-electron chi connectivity index (χ4n) is 3.89. The predicted molar refractivity (Wildman–Crippen MR) is 116 cm³/mol. The van der Waals surface area contributed by atoms with Crippen LogP contribution < -0.4 is 15.5 Å². The van der Waals surface area contributed by atoms with Crippen molar-refractivity contribution in [2.75, 3.05) is 37.6 Å². The molecule has 2 heterocycles. The molecule has 0 radical (unpaired) electrons. The summed E-state index contributed by atoms with van der Waals surface area (Å²) in [7, 11) is 0. The van der Waals surface area contributed by atoms with Crippen molar-refractivity contribution >= 4 is 23.5 Å². The van der Waals surface area contributed by atoms with Crippen molar-refractivity contribution in [3.63, 3.8) is 0 Å². The lowest BCUT2D eigenvalue weighted by Gasteiger charge is -2.24. The van der Waals surface area contributed by atoms with Gasteiger partial charge in [-0.05, 0) is 50.8 Å². The number of carbonyl (C=O) groups is 2. The molecule has 0 spiro atoms. The molecule has 2 amide bonds. The molecule has 3 rings (SSSR count). The summed E-state index contributed by atoms with van der Waals surface area (Å²) in [5, 5.41) is 6.70. The van der Waals surface area contributed by atoms with Gasteiger partial charge in [-0.25, -0.2) is 0 Å². The van der Waals surface area contributed by atoms with Crippen LogP contribution in [0.15, 0.2) is 29.3 Å². The van der Waals surface area contributed by atoms with Gasteiger partial charge in [-0.1, -0.05) is 12.1 Å². The van der Waals surface area contributed by atoms with Gasteiger partial charge in [0.15, 0.2) is 5.96 Å². The van der Waals surface area contributed by atoms with Gasteiger partial charge in [0, 0.05) is 44.7 Å². The normalized spacial score (nSPS) is 18.9. The number of carbonyl (C=O) groups excluding carboxylic acids is 2. The van der Waals surface area contributed by atoms with Crippen LogP contribution in [0.4, 0.5) is 5.69 Å². The van der Waals surface area contributed by atoms with Gasteiger partial charge in [-0.3, -0.25) is 19.5 Å². The number of guanidine groups is 1. The minimum Gasteiger partial charge on any atom is -0.372 e. The third-order valence-corrected chi connectivity index (χ3v) is 5.52. The molecule has 0 saturated carbocycles. The number of nitrogens with one attached hydrogen (secondary N) is 2. The molecule has 2 saturated heterocycles. The first-order chi connectivity index (χ1) is 14.1. The number of piperidine rings is 1. The van der Waals surface area contributed by atoms with Gasteiger partial charge in [0.1, 0.15) is 0 Å². The molecule has 29 heavy (non-hydrogen) atoms. The zero-order valence-electron chi connectivity index (χ0n) is 17.6. The van der Waals surface area contributed by atoms with Crippen LogP contribution >= 0.6 is 0 Å². The van der Waals surface area contributed by atoms with E-state index in [1.807, 2.05) is 6.92 Å². The summed E-state index contributed by atoms with van der Waals surface area (Å²) in [6.45, 7) is 7.88. The van der Waals surface area contributed by atoms with Gasteiger partial charge >= 0.3 is 0 Å². The standard InChI is InChI=1S/C22H33N5O2/c1-3-23-22(24-12-15-27-20(28)10-7-11-21(27)29)25-17(2)18-8-6-9-19(16-18)26-13-4-5-14-26/h6,8-9,16-17H,3-5,7,10-15H2,1-2H3,(H2,23,24,25). The maximum Gasteiger partial charge on any atom is 0.229 e. The maximum atomic E-state index is 11.9. The molecule has 1 aromatic carbocycles. The van der Waals surface area contributed by atoms with E-state index < -0.39 is 0 Å². The highest BCUT2D eigenvalue weighted by Crippen LogP contribution is 2.24. The van der Waals surface area contributed by atoms with Crippen LogP contribution in [-0.4, -0.2) is 55.4 Å². The summed E-state index contributed by atoms with van der Waals surface area (Å²) in [5.74, 6) is 0.534. The number of rotatable bonds is 7. The molecule has 2 N–H and O–H groups in total. The molecule has 7 heteroatoms. The Kier molecular flexibility index (Phi) is 7.49. The summed E-state index contributed by atoms with van der Waals surface area (Å²) in [5.41, 5.74) is 2.49. The second kappa shape index (κ2) is 10.3. The van der Waals surface area contributed by atoms with E-state index >= 15 is 0 Å². The zero-order valence-corrected chi connectivity index (χ0v) is 17.6. The summed E-state index contributed by atoms with van der Waals surface area (Å²) < 4.78 is 0. The first kappa shape index (κ1) is 21.1. The SMILES string of the molecule is CCNC(=NCCN1C(=O)CCCC1=O)NC(C)c1cccc(N2CCCC2)c1. The van der Waals surface area contributed by atoms with Crippen molar-refractivity contribution in [3.8, 4) is 0 Å². The molecule has 1 aromatic rings. The topological polar surface area (TPSA) is 77.0 Å². The molecule has 2 fully saturated rings. The van der Waals surface area contributed by atoms with Gasteiger partial charge in [-0.2, -0.15) is 0 Å². The highest BCUT2D eigenvalue weighted by molar-refractivity contribution is 5.97. The number of hydrogen-bond donors (Lipinski definition) is 2. The van der Waals surface area contributed by atoms with E-state index in [4.69, 9.17) is 0 Å². The lowest BCUT2D eigenvalue weighted by atomic mass is 10.1. The molecular weight excluding hydrogens is 366 g/mol. The molecule has 158 valence electrons. The Labute approximate surface area is 173 Å². The van der Waals surface area contributed by atoms with E-state index in [-0.39, 0.29) is 17.9 Å². The quantitative estimate of drug-likeness (QED) is 0.418. The van der Waals surface area contributed by atoms with Crippen LogP contribution in [0.5, 0.6) is 0 Å². The lowest BCUT2D eigenvalue weighted by molar-refractivity contribution is -0.147. The Morgan fingerprint density at radius 3 is 2.55 bits per heavy atom. The minimum absolute atomic E-state index is 0.0819. The summed E-state index contributed by atoms with van der Waals surface area (Å²) in [4.78, 5) is 32.2. The van der Waals surface area contributed by atoms with Crippen LogP contribution in [0, 0.1) is 0 Å².